The van der Waals surface area contributed by atoms with Crippen LogP contribution in [0, 0.1) is 12.8 Å². The van der Waals surface area contributed by atoms with Crippen LogP contribution in [0.5, 0.6) is 0 Å². The largest absolute Gasteiger partial charge is 0.314 e. The molecule has 2 nitrogen and oxygen atoms in total. The van der Waals surface area contributed by atoms with Gasteiger partial charge in [0.25, 0.3) is 0 Å². The maximum absolute atomic E-state index is 4.34. The summed E-state index contributed by atoms with van der Waals surface area (Å²) >= 11 is 1.85. The number of thiazole rings is 1. The number of nitrogens with one attached hydrogen (secondary N) is 1. The quantitative estimate of drug-likeness (QED) is 0.789. The Morgan fingerprint density at radius 3 is 2.94 bits per heavy atom. The molecule has 0 aliphatic heterocycles. The number of rotatable bonds is 7. The fourth-order valence-electron chi connectivity index (χ4n) is 2.09. The van der Waals surface area contributed by atoms with Crippen LogP contribution in [-0.2, 0) is 6.42 Å². The summed E-state index contributed by atoms with van der Waals surface area (Å²) in [5.41, 5.74) is 0. The predicted octanol–water partition coefficient (Wildman–Crippen LogP) is 3.16. The first kappa shape index (κ1) is 12.1. The smallest absolute Gasteiger partial charge is 0.0896 e. The van der Waals surface area contributed by atoms with Gasteiger partial charge in [-0.25, -0.2) is 4.98 Å². The first-order chi connectivity index (χ1) is 7.78. The first-order valence-electron chi connectivity index (χ1n) is 6.42. The Bertz CT molecular complexity index is 317. The second kappa shape index (κ2) is 5.78. The molecule has 1 aromatic heterocycles. The molecule has 0 aromatic carbocycles. The van der Waals surface area contributed by atoms with Crippen molar-refractivity contribution in [3.8, 4) is 0 Å². The van der Waals surface area contributed by atoms with E-state index in [0.29, 0.717) is 0 Å². The zero-order valence-corrected chi connectivity index (χ0v) is 11.1. The van der Waals surface area contributed by atoms with E-state index in [9.17, 15) is 0 Å². The SMILES string of the molecule is CCCC(CNC1CC1)Cc1cnc(C)s1. The van der Waals surface area contributed by atoms with E-state index in [0.717, 1.165) is 12.0 Å². The minimum atomic E-state index is 0.797. The number of aromatic nitrogens is 1. The standard InChI is InChI=1S/C13H22N2S/c1-3-4-11(8-15-12-5-6-12)7-13-9-14-10(2)16-13/h9,11-12,15H,3-8H2,1-2H3. The molecule has 1 N–H and O–H groups in total. The van der Waals surface area contributed by atoms with Gasteiger partial charge < -0.3 is 5.32 Å². The van der Waals surface area contributed by atoms with Crippen molar-refractivity contribution in [2.45, 2.75) is 52.0 Å². The van der Waals surface area contributed by atoms with Crippen molar-refractivity contribution in [3.63, 3.8) is 0 Å². The molecule has 1 aromatic rings. The van der Waals surface area contributed by atoms with Crippen molar-refractivity contribution in [2.75, 3.05) is 6.54 Å². The summed E-state index contributed by atoms with van der Waals surface area (Å²) in [6, 6.07) is 0.836. The van der Waals surface area contributed by atoms with E-state index in [4.69, 9.17) is 0 Å². The molecule has 2 rings (SSSR count). The van der Waals surface area contributed by atoms with Crippen LogP contribution in [0.4, 0.5) is 0 Å². The van der Waals surface area contributed by atoms with E-state index in [2.05, 4.69) is 30.3 Å². The maximum atomic E-state index is 4.34. The van der Waals surface area contributed by atoms with Gasteiger partial charge in [-0.05, 0) is 45.1 Å². The van der Waals surface area contributed by atoms with Crippen LogP contribution in [0.3, 0.4) is 0 Å². The highest BCUT2D eigenvalue weighted by Crippen LogP contribution is 2.22. The van der Waals surface area contributed by atoms with Gasteiger partial charge in [0.2, 0.25) is 0 Å². The number of nitrogens with zero attached hydrogens (tertiary/aromatic N) is 1. The molecule has 1 heterocycles. The van der Waals surface area contributed by atoms with Crippen molar-refractivity contribution in [2.24, 2.45) is 5.92 Å². The van der Waals surface area contributed by atoms with E-state index in [1.165, 1.54) is 48.5 Å². The van der Waals surface area contributed by atoms with E-state index >= 15 is 0 Å². The number of hydrogen-bond donors (Lipinski definition) is 1. The molecule has 0 amide bonds. The highest BCUT2D eigenvalue weighted by atomic mass is 32.1. The van der Waals surface area contributed by atoms with E-state index < -0.39 is 0 Å². The highest BCUT2D eigenvalue weighted by molar-refractivity contribution is 7.11. The second-order valence-corrected chi connectivity index (χ2v) is 6.21. The van der Waals surface area contributed by atoms with Crippen molar-refractivity contribution in [3.05, 3.63) is 16.1 Å². The molecule has 90 valence electrons. The molecule has 0 radical (unpaired) electrons. The monoisotopic (exact) mass is 238 g/mol. The van der Waals surface area contributed by atoms with Crippen LogP contribution in [-0.4, -0.2) is 17.6 Å². The minimum Gasteiger partial charge on any atom is -0.314 e. The van der Waals surface area contributed by atoms with E-state index in [1.807, 2.05) is 11.3 Å². The lowest BCUT2D eigenvalue weighted by Crippen LogP contribution is -2.25. The number of hydrogen-bond acceptors (Lipinski definition) is 3. The summed E-state index contributed by atoms with van der Waals surface area (Å²) in [5.74, 6) is 0.797. The third-order valence-corrected chi connectivity index (χ3v) is 4.06. The summed E-state index contributed by atoms with van der Waals surface area (Å²) in [6.07, 6.45) is 8.65. The molecule has 0 spiro atoms. The first-order valence-corrected chi connectivity index (χ1v) is 7.24. The van der Waals surface area contributed by atoms with Crippen LogP contribution in [0.2, 0.25) is 0 Å². The molecule has 1 saturated carbocycles. The van der Waals surface area contributed by atoms with Gasteiger partial charge in [0.05, 0.1) is 5.01 Å². The normalized spacial score (nSPS) is 17.6. The van der Waals surface area contributed by atoms with Crippen LogP contribution in [0.25, 0.3) is 0 Å². The molecular formula is C13H22N2S. The Balaban J connectivity index is 1.80. The van der Waals surface area contributed by atoms with Crippen molar-refractivity contribution >= 4 is 11.3 Å². The Hall–Kier alpha value is -0.410. The van der Waals surface area contributed by atoms with Crippen molar-refractivity contribution in [1.82, 2.24) is 10.3 Å². The van der Waals surface area contributed by atoms with Crippen molar-refractivity contribution in [1.29, 1.82) is 0 Å². The van der Waals surface area contributed by atoms with Gasteiger partial charge in [-0.2, -0.15) is 0 Å². The molecule has 0 bridgehead atoms. The van der Waals surface area contributed by atoms with Gasteiger partial charge in [-0.3, -0.25) is 0 Å². The van der Waals surface area contributed by atoms with E-state index in [-0.39, 0.29) is 0 Å². The molecule has 1 aliphatic carbocycles. The lowest BCUT2D eigenvalue weighted by atomic mass is 9.99. The fraction of sp³-hybridized carbons (Fsp3) is 0.769. The molecule has 1 unspecified atom stereocenters. The summed E-state index contributed by atoms with van der Waals surface area (Å²) in [7, 11) is 0. The zero-order valence-electron chi connectivity index (χ0n) is 10.3. The molecule has 1 fully saturated rings. The topological polar surface area (TPSA) is 24.9 Å². The van der Waals surface area contributed by atoms with Gasteiger partial charge in [-0.1, -0.05) is 13.3 Å². The van der Waals surface area contributed by atoms with Gasteiger partial charge in [0.1, 0.15) is 0 Å². The van der Waals surface area contributed by atoms with Gasteiger partial charge >= 0.3 is 0 Å². The molecule has 0 saturated heterocycles. The maximum Gasteiger partial charge on any atom is 0.0896 e. The third-order valence-electron chi connectivity index (χ3n) is 3.13. The van der Waals surface area contributed by atoms with E-state index in [1.54, 1.807) is 0 Å². The minimum absolute atomic E-state index is 0.797. The van der Waals surface area contributed by atoms with Gasteiger partial charge in [0.15, 0.2) is 0 Å². The summed E-state index contributed by atoms with van der Waals surface area (Å²) in [5, 5.41) is 4.85. The lowest BCUT2D eigenvalue weighted by molar-refractivity contribution is 0.439. The Morgan fingerprint density at radius 2 is 2.38 bits per heavy atom. The van der Waals surface area contributed by atoms with Crippen LogP contribution >= 0.6 is 11.3 Å². The van der Waals surface area contributed by atoms with Crippen molar-refractivity contribution < 1.29 is 0 Å². The average molecular weight is 238 g/mol. The Morgan fingerprint density at radius 1 is 1.56 bits per heavy atom. The Kier molecular flexibility index (Phi) is 4.36. The fourth-order valence-corrected chi connectivity index (χ4v) is 3.00. The van der Waals surface area contributed by atoms with Crippen LogP contribution < -0.4 is 5.32 Å². The van der Waals surface area contributed by atoms with Gasteiger partial charge in [-0.15, -0.1) is 11.3 Å². The van der Waals surface area contributed by atoms with Crippen LogP contribution in [0.15, 0.2) is 6.20 Å². The average Bonchev–Trinajstić information content (AvgIpc) is 3.00. The highest BCUT2D eigenvalue weighted by Gasteiger charge is 2.21. The summed E-state index contributed by atoms with van der Waals surface area (Å²) in [6.45, 7) is 5.56. The summed E-state index contributed by atoms with van der Waals surface area (Å²) in [4.78, 5) is 5.79. The molecular weight excluding hydrogens is 216 g/mol. The summed E-state index contributed by atoms with van der Waals surface area (Å²) < 4.78 is 0. The molecule has 1 atom stereocenters. The molecule has 1 aliphatic rings. The lowest BCUT2D eigenvalue weighted by Gasteiger charge is -2.15. The van der Waals surface area contributed by atoms with Crippen LogP contribution in [0.1, 0.15) is 42.5 Å². The molecule has 16 heavy (non-hydrogen) atoms. The predicted molar refractivity (Wildman–Crippen MR) is 70.0 cm³/mol. The molecule has 3 heteroatoms. The third kappa shape index (κ3) is 3.87. The number of aryl methyl sites for hydroxylation is 1. The Labute approximate surface area is 102 Å². The van der Waals surface area contributed by atoms with Gasteiger partial charge in [0, 0.05) is 17.1 Å². The second-order valence-electron chi connectivity index (χ2n) is 4.89. The zero-order chi connectivity index (χ0) is 11.4.